The number of hydrogen-bond acceptors (Lipinski definition) is 3. The maximum Gasteiger partial charge on any atom is 0.261 e. The number of rotatable bonds is 3. The Bertz CT molecular complexity index is 778. The molecule has 0 saturated carbocycles. The molecule has 3 rings (SSSR count). The number of hydrogen-bond donors (Lipinski definition) is 1. The largest absolute Gasteiger partial charge is 0.386 e. The Hall–Kier alpha value is -2.24. The monoisotopic (exact) mass is 319 g/mol. The van der Waals surface area contributed by atoms with Gasteiger partial charge >= 0.3 is 0 Å². The van der Waals surface area contributed by atoms with E-state index in [1.54, 1.807) is 24.3 Å². The van der Waals surface area contributed by atoms with E-state index in [2.05, 4.69) is 0 Å². The lowest BCUT2D eigenvalue weighted by Gasteiger charge is -2.19. The second kappa shape index (κ2) is 5.51. The number of β-amino-alcohol motifs (C(OH)–C–C–N with tert-alkyl or cyclic N) is 1. The van der Waals surface area contributed by atoms with Crippen LogP contribution in [0, 0.1) is 5.82 Å². The summed E-state index contributed by atoms with van der Waals surface area (Å²) in [5.41, 5.74) is 0.570. The summed E-state index contributed by atoms with van der Waals surface area (Å²) in [4.78, 5) is 25.3. The molecular weight excluding hydrogens is 309 g/mol. The lowest BCUT2D eigenvalue weighted by atomic mass is 10.1. The molecule has 6 heteroatoms. The number of carbonyl (C=O) groups excluding carboxylic acids is 2. The van der Waals surface area contributed by atoms with Gasteiger partial charge in [-0.1, -0.05) is 29.8 Å². The number of imide groups is 1. The van der Waals surface area contributed by atoms with Crippen molar-refractivity contribution in [2.45, 2.75) is 6.10 Å². The van der Waals surface area contributed by atoms with Crippen molar-refractivity contribution >= 4 is 23.4 Å². The van der Waals surface area contributed by atoms with Crippen LogP contribution in [-0.4, -0.2) is 28.4 Å². The van der Waals surface area contributed by atoms with Gasteiger partial charge in [0.1, 0.15) is 5.82 Å². The quantitative estimate of drug-likeness (QED) is 0.885. The molecule has 1 aliphatic heterocycles. The predicted molar refractivity (Wildman–Crippen MR) is 78.2 cm³/mol. The standard InChI is InChI=1S/C16H11ClFNO3/c17-13-4-2-1-3-11(13)14(20)8-19-15(21)10-6-5-9(18)7-12(10)16(19)22/h1-7,14,20H,8H2. The fraction of sp³-hybridized carbons (Fsp3) is 0.125. The van der Waals surface area contributed by atoms with E-state index in [1.807, 2.05) is 0 Å². The molecule has 1 heterocycles. The molecule has 4 nitrogen and oxygen atoms in total. The van der Waals surface area contributed by atoms with Crippen molar-refractivity contribution in [3.05, 3.63) is 70.0 Å². The molecule has 1 unspecified atom stereocenters. The first kappa shape index (κ1) is 14.7. The molecule has 1 N–H and O–H groups in total. The second-order valence-corrected chi connectivity index (χ2v) is 5.36. The minimum Gasteiger partial charge on any atom is -0.386 e. The lowest BCUT2D eigenvalue weighted by molar-refractivity contribution is 0.0543. The van der Waals surface area contributed by atoms with Gasteiger partial charge in [-0.15, -0.1) is 0 Å². The van der Waals surface area contributed by atoms with Crippen LogP contribution in [-0.2, 0) is 0 Å². The van der Waals surface area contributed by atoms with Crippen LogP contribution < -0.4 is 0 Å². The highest BCUT2D eigenvalue weighted by molar-refractivity contribution is 6.31. The molecule has 0 spiro atoms. The van der Waals surface area contributed by atoms with Crippen molar-refractivity contribution in [3.63, 3.8) is 0 Å². The first-order chi connectivity index (χ1) is 10.5. The van der Waals surface area contributed by atoms with Gasteiger partial charge in [-0.25, -0.2) is 4.39 Å². The molecule has 0 radical (unpaired) electrons. The van der Waals surface area contributed by atoms with Gasteiger partial charge in [0.25, 0.3) is 11.8 Å². The zero-order valence-electron chi connectivity index (χ0n) is 11.3. The van der Waals surface area contributed by atoms with Crippen molar-refractivity contribution in [1.82, 2.24) is 4.90 Å². The van der Waals surface area contributed by atoms with E-state index < -0.39 is 23.7 Å². The first-order valence-electron chi connectivity index (χ1n) is 6.57. The summed E-state index contributed by atoms with van der Waals surface area (Å²) in [7, 11) is 0. The molecule has 0 saturated heterocycles. The summed E-state index contributed by atoms with van der Waals surface area (Å²) in [5, 5.41) is 10.6. The molecule has 2 aromatic carbocycles. The highest BCUT2D eigenvalue weighted by Gasteiger charge is 2.37. The Labute approximate surface area is 130 Å². The van der Waals surface area contributed by atoms with Gasteiger partial charge in [-0.2, -0.15) is 0 Å². The van der Waals surface area contributed by atoms with E-state index in [4.69, 9.17) is 11.6 Å². The van der Waals surface area contributed by atoms with Crippen LogP contribution in [0.25, 0.3) is 0 Å². The van der Waals surface area contributed by atoms with Crippen molar-refractivity contribution in [2.24, 2.45) is 0 Å². The third-order valence-corrected chi connectivity index (χ3v) is 3.90. The van der Waals surface area contributed by atoms with Crippen LogP contribution >= 0.6 is 11.6 Å². The van der Waals surface area contributed by atoms with Crippen LogP contribution in [0.4, 0.5) is 4.39 Å². The van der Waals surface area contributed by atoms with Gasteiger partial charge in [0.05, 0.1) is 23.8 Å². The second-order valence-electron chi connectivity index (χ2n) is 4.95. The maximum atomic E-state index is 13.2. The smallest absolute Gasteiger partial charge is 0.261 e. The zero-order valence-corrected chi connectivity index (χ0v) is 12.0. The fourth-order valence-electron chi connectivity index (χ4n) is 2.45. The van der Waals surface area contributed by atoms with Gasteiger partial charge in [0, 0.05) is 10.6 Å². The number of benzene rings is 2. The number of amides is 2. The van der Waals surface area contributed by atoms with E-state index in [1.165, 1.54) is 6.07 Å². The molecule has 22 heavy (non-hydrogen) atoms. The van der Waals surface area contributed by atoms with Gasteiger partial charge in [-0.3, -0.25) is 14.5 Å². The third kappa shape index (κ3) is 2.38. The van der Waals surface area contributed by atoms with Gasteiger partial charge < -0.3 is 5.11 Å². The number of aliphatic hydroxyl groups is 1. The van der Waals surface area contributed by atoms with E-state index in [0.29, 0.717) is 10.6 Å². The highest BCUT2D eigenvalue weighted by Crippen LogP contribution is 2.28. The number of fused-ring (bicyclic) bond motifs is 1. The van der Waals surface area contributed by atoms with E-state index in [9.17, 15) is 19.1 Å². The summed E-state index contributed by atoms with van der Waals surface area (Å²) in [5.74, 6) is -1.76. The van der Waals surface area contributed by atoms with E-state index in [-0.39, 0.29) is 17.7 Å². The SMILES string of the molecule is O=C1c2ccc(F)cc2C(=O)N1CC(O)c1ccccc1Cl. The highest BCUT2D eigenvalue weighted by atomic mass is 35.5. The summed E-state index contributed by atoms with van der Waals surface area (Å²) < 4.78 is 13.2. The van der Waals surface area contributed by atoms with E-state index >= 15 is 0 Å². The fourth-order valence-corrected chi connectivity index (χ4v) is 2.71. The first-order valence-corrected chi connectivity index (χ1v) is 6.95. The number of nitrogens with zero attached hydrogens (tertiary/aromatic N) is 1. The van der Waals surface area contributed by atoms with Crippen LogP contribution in [0.2, 0.25) is 5.02 Å². The summed E-state index contributed by atoms with van der Waals surface area (Å²) in [6.45, 7) is -0.238. The average Bonchev–Trinajstić information content (AvgIpc) is 2.72. The normalized spacial score (nSPS) is 15.1. The molecule has 1 atom stereocenters. The maximum absolute atomic E-state index is 13.2. The minimum atomic E-state index is -1.11. The minimum absolute atomic E-state index is 0.0105. The van der Waals surface area contributed by atoms with Crippen molar-refractivity contribution in [3.8, 4) is 0 Å². The summed E-state index contributed by atoms with van der Waals surface area (Å²) in [6.07, 6.45) is -1.11. The molecule has 0 aromatic heterocycles. The zero-order chi connectivity index (χ0) is 15.9. The molecule has 2 amide bonds. The van der Waals surface area contributed by atoms with Gasteiger partial charge in [-0.05, 0) is 24.3 Å². The van der Waals surface area contributed by atoms with Crippen molar-refractivity contribution in [1.29, 1.82) is 0 Å². The third-order valence-electron chi connectivity index (χ3n) is 3.55. The topological polar surface area (TPSA) is 57.6 Å². The van der Waals surface area contributed by atoms with Crippen molar-refractivity contribution in [2.75, 3.05) is 6.54 Å². The Balaban J connectivity index is 1.87. The lowest BCUT2D eigenvalue weighted by Crippen LogP contribution is -2.33. The Morgan fingerprint density at radius 3 is 2.50 bits per heavy atom. The molecule has 1 aliphatic rings. The Morgan fingerprint density at radius 2 is 1.77 bits per heavy atom. The molecule has 2 aromatic rings. The molecule has 0 bridgehead atoms. The molecule has 112 valence electrons. The van der Waals surface area contributed by atoms with Gasteiger partial charge in [0.15, 0.2) is 0 Å². The number of halogens is 2. The molecular formula is C16H11ClFNO3. The van der Waals surface area contributed by atoms with Gasteiger partial charge in [0.2, 0.25) is 0 Å². The van der Waals surface area contributed by atoms with Crippen LogP contribution in [0.5, 0.6) is 0 Å². The van der Waals surface area contributed by atoms with Crippen LogP contribution in [0.3, 0.4) is 0 Å². The number of aliphatic hydroxyl groups excluding tert-OH is 1. The van der Waals surface area contributed by atoms with Crippen LogP contribution in [0.1, 0.15) is 32.4 Å². The average molecular weight is 320 g/mol. The molecule has 0 aliphatic carbocycles. The molecule has 0 fully saturated rings. The van der Waals surface area contributed by atoms with Crippen LogP contribution in [0.15, 0.2) is 42.5 Å². The summed E-state index contributed by atoms with van der Waals surface area (Å²) in [6, 6.07) is 10.1. The number of carbonyl (C=O) groups is 2. The summed E-state index contributed by atoms with van der Waals surface area (Å²) >= 11 is 5.99. The van der Waals surface area contributed by atoms with E-state index in [0.717, 1.165) is 17.0 Å². The predicted octanol–water partition coefficient (Wildman–Crippen LogP) is 2.81. The Morgan fingerprint density at radius 1 is 1.09 bits per heavy atom. The Kier molecular flexibility index (Phi) is 3.68. The van der Waals surface area contributed by atoms with Crippen molar-refractivity contribution < 1.29 is 19.1 Å².